The third-order valence-electron chi connectivity index (χ3n) is 2.75. The van der Waals surface area contributed by atoms with Crippen LogP contribution < -0.4 is 5.32 Å². The highest BCUT2D eigenvalue weighted by atomic mass is 35.5. The molecule has 0 saturated carbocycles. The Morgan fingerprint density at radius 3 is 2.29 bits per heavy atom. The molecule has 0 aliphatic rings. The number of benzene rings is 1. The van der Waals surface area contributed by atoms with E-state index in [-0.39, 0.29) is 0 Å². The Balaban J connectivity index is 1.93. The summed E-state index contributed by atoms with van der Waals surface area (Å²) in [6.45, 7) is 0. The molecule has 2 heterocycles. The van der Waals surface area contributed by atoms with E-state index >= 15 is 0 Å². The van der Waals surface area contributed by atoms with Crippen LogP contribution in [-0.2, 0) is 0 Å². The Hall–Kier alpha value is -2.17. The van der Waals surface area contributed by atoms with Crippen LogP contribution in [-0.4, -0.2) is 15.0 Å². The van der Waals surface area contributed by atoms with Crippen LogP contribution >= 0.6 is 23.2 Å². The number of aromatic nitrogens is 3. The van der Waals surface area contributed by atoms with E-state index in [1.807, 2.05) is 24.3 Å². The van der Waals surface area contributed by atoms with Gasteiger partial charge in [0, 0.05) is 34.7 Å². The summed E-state index contributed by atoms with van der Waals surface area (Å²) in [6.07, 6.45) is 3.37. The normalized spacial score (nSPS) is 10.4. The molecule has 0 amide bonds. The number of pyridine rings is 1. The molecule has 0 fully saturated rings. The van der Waals surface area contributed by atoms with Crippen LogP contribution in [0.15, 0.2) is 54.9 Å². The van der Waals surface area contributed by atoms with Gasteiger partial charge in [-0.05, 0) is 36.4 Å². The third-order valence-corrected chi connectivity index (χ3v) is 3.20. The van der Waals surface area contributed by atoms with E-state index in [0.29, 0.717) is 21.8 Å². The first kappa shape index (κ1) is 13.8. The van der Waals surface area contributed by atoms with E-state index in [4.69, 9.17) is 23.2 Å². The van der Waals surface area contributed by atoms with Gasteiger partial charge in [-0.3, -0.25) is 4.98 Å². The van der Waals surface area contributed by atoms with Gasteiger partial charge in [0.15, 0.2) is 5.82 Å². The fourth-order valence-electron chi connectivity index (χ4n) is 1.79. The van der Waals surface area contributed by atoms with Crippen LogP contribution in [0.25, 0.3) is 11.4 Å². The quantitative estimate of drug-likeness (QED) is 0.718. The lowest BCUT2D eigenvalue weighted by Crippen LogP contribution is -1.97. The number of hydrogen-bond donors (Lipinski definition) is 1. The zero-order valence-corrected chi connectivity index (χ0v) is 12.3. The summed E-state index contributed by atoms with van der Waals surface area (Å²) in [5.41, 5.74) is 1.72. The second-order valence-electron chi connectivity index (χ2n) is 4.27. The number of nitrogens with one attached hydrogen (secondary N) is 1. The van der Waals surface area contributed by atoms with Gasteiger partial charge < -0.3 is 5.32 Å². The number of rotatable bonds is 3. The molecular weight excluding hydrogens is 307 g/mol. The molecule has 4 nitrogen and oxygen atoms in total. The molecule has 2 aromatic heterocycles. The van der Waals surface area contributed by atoms with Crippen molar-refractivity contribution in [3.05, 3.63) is 65.0 Å². The molecule has 0 unspecified atom stereocenters. The van der Waals surface area contributed by atoms with Crippen molar-refractivity contribution in [2.24, 2.45) is 0 Å². The molecule has 0 atom stereocenters. The van der Waals surface area contributed by atoms with E-state index in [0.717, 1.165) is 11.3 Å². The topological polar surface area (TPSA) is 50.7 Å². The standard InChI is InChI=1S/C15H10Cl2N4/c16-11-1-3-12(4-2-11)19-14-9-13(17)20-15(21-14)10-5-7-18-8-6-10/h1-9H,(H,19,20,21). The number of hydrogen-bond acceptors (Lipinski definition) is 4. The van der Waals surface area contributed by atoms with Crippen LogP contribution in [0.4, 0.5) is 11.5 Å². The molecule has 6 heteroatoms. The number of halogens is 2. The minimum absolute atomic E-state index is 0.369. The van der Waals surface area contributed by atoms with Crippen molar-refractivity contribution in [2.75, 3.05) is 5.32 Å². The minimum atomic E-state index is 0.369. The van der Waals surface area contributed by atoms with Crippen molar-refractivity contribution in [1.29, 1.82) is 0 Å². The molecule has 0 saturated heterocycles. The van der Waals surface area contributed by atoms with Crippen molar-refractivity contribution in [3.8, 4) is 11.4 Å². The second kappa shape index (κ2) is 6.08. The van der Waals surface area contributed by atoms with Crippen molar-refractivity contribution < 1.29 is 0 Å². The van der Waals surface area contributed by atoms with Crippen LogP contribution in [0.1, 0.15) is 0 Å². The predicted molar refractivity (Wildman–Crippen MR) is 85.0 cm³/mol. The van der Waals surface area contributed by atoms with E-state index in [1.165, 1.54) is 0 Å². The van der Waals surface area contributed by atoms with Gasteiger partial charge in [-0.1, -0.05) is 23.2 Å². The summed E-state index contributed by atoms with van der Waals surface area (Å²) in [7, 11) is 0. The Morgan fingerprint density at radius 1 is 0.857 bits per heavy atom. The van der Waals surface area contributed by atoms with Gasteiger partial charge in [0.2, 0.25) is 0 Å². The number of nitrogens with zero attached hydrogens (tertiary/aromatic N) is 3. The maximum absolute atomic E-state index is 6.06. The zero-order valence-electron chi connectivity index (χ0n) is 10.8. The monoisotopic (exact) mass is 316 g/mol. The average Bonchev–Trinajstić information content (AvgIpc) is 2.50. The molecule has 0 bridgehead atoms. The van der Waals surface area contributed by atoms with Gasteiger partial charge in [-0.2, -0.15) is 0 Å². The maximum Gasteiger partial charge on any atom is 0.163 e. The Bertz CT molecular complexity index is 745. The fourth-order valence-corrected chi connectivity index (χ4v) is 2.10. The summed E-state index contributed by atoms with van der Waals surface area (Å²) < 4.78 is 0. The summed E-state index contributed by atoms with van der Waals surface area (Å²) in [5, 5.41) is 4.22. The highest BCUT2D eigenvalue weighted by Crippen LogP contribution is 2.23. The highest BCUT2D eigenvalue weighted by Gasteiger charge is 2.06. The summed E-state index contributed by atoms with van der Waals surface area (Å²) in [5.74, 6) is 1.16. The lowest BCUT2D eigenvalue weighted by atomic mass is 10.2. The van der Waals surface area contributed by atoms with Gasteiger partial charge in [0.25, 0.3) is 0 Å². The van der Waals surface area contributed by atoms with Crippen LogP contribution in [0, 0.1) is 0 Å². The molecule has 104 valence electrons. The molecule has 1 aromatic carbocycles. The van der Waals surface area contributed by atoms with E-state index in [9.17, 15) is 0 Å². The molecule has 3 aromatic rings. The van der Waals surface area contributed by atoms with Crippen LogP contribution in [0.2, 0.25) is 10.2 Å². The predicted octanol–water partition coefficient (Wildman–Crippen LogP) is 4.59. The maximum atomic E-state index is 6.06. The SMILES string of the molecule is Clc1ccc(Nc2cc(Cl)nc(-c3ccncc3)n2)cc1. The molecule has 0 spiro atoms. The lowest BCUT2D eigenvalue weighted by Gasteiger charge is -2.08. The van der Waals surface area contributed by atoms with E-state index in [2.05, 4.69) is 20.3 Å². The second-order valence-corrected chi connectivity index (χ2v) is 5.09. The van der Waals surface area contributed by atoms with Gasteiger partial charge in [-0.25, -0.2) is 9.97 Å². The van der Waals surface area contributed by atoms with Gasteiger partial charge >= 0.3 is 0 Å². The first-order valence-corrected chi connectivity index (χ1v) is 6.94. The summed E-state index contributed by atoms with van der Waals surface area (Å²) >= 11 is 11.9. The van der Waals surface area contributed by atoms with Gasteiger partial charge in [0.05, 0.1) is 0 Å². The Morgan fingerprint density at radius 2 is 1.57 bits per heavy atom. The Labute approximate surface area is 131 Å². The summed E-state index contributed by atoms with van der Waals surface area (Å²) in [4.78, 5) is 12.7. The molecular formula is C15H10Cl2N4. The zero-order chi connectivity index (χ0) is 14.7. The average molecular weight is 317 g/mol. The smallest absolute Gasteiger partial charge is 0.163 e. The summed E-state index contributed by atoms with van der Waals surface area (Å²) in [6, 6.07) is 12.7. The van der Waals surface area contributed by atoms with Crippen molar-refractivity contribution in [1.82, 2.24) is 15.0 Å². The fraction of sp³-hybridized carbons (Fsp3) is 0. The largest absolute Gasteiger partial charge is 0.340 e. The minimum Gasteiger partial charge on any atom is -0.340 e. The van der Waals surface area contributed by atoms with E-state index in [1.54, 1.807) is 30.6 Å². The molecule has 1 N–H and O–H groups in total. The first-order valence-electron chi connectivity index (χ1n) is 6.18. The first-order chi connectivity index (χ1) is 10.2. The molecule has 0 aliphatic heterocycles. The Kier molecular flexibility index (Phi) is 3.99. The molecule has 0 aliphatic carbocycles. The molecule has 0 radical (unpaired) electrons. The number of anilines is 2. The highest BCUT2D eigenvalue weighted by molar-refractivity contribution is 6.30. The van der Waals surface area contributed by atoms with Crippen LogP contribution in [0.3, 0.4) is 0 Å². The van der Waals surface area contributed by atoms with Crippen molar-refractivity contribution >= 4 is 34.7 Å². The van der Waals surface area contributed by atoms with Crippen LogP contribution in [0.5, 0.6) is 0 Å². The molecule has 3 rings (SSSR count). The van der Waals surface area contributed by atoms with E-state index < -0.39 is 0 Å². The lowest BCUT2D eigenvalue weighted by molar-refractivity contribution is 1.17. The van der Waals surface area contributed by atoms with Crippen molar-refractivity contribution in [3.63, 3.8) is 0 Å². The van der Waals surface area contributed by atoms with Gasteiger partial charge in [0.1, 0.15) is 11.0 Å². The van der Waals surface area contributed by atoms with Crippen molar-refractivity contribution in [2.45, 2.75) is 0 Å². The van der Waals surface area contributed by atoms with Gasteiger partial charge in [-0.15, -0.1) is 0 Å². The molecule has 21 heavy (non-hydrogen) atoms. The third kappa shape index (κ3) is 3.48.